The predicted octanol–water partition coefficient (Wildman–Crippen LogP) is 2.59. The second kappa shape index (κ2) is 5.24. The Balaban J connectivity index is 1.82. The molecule has 4 rings (SSSR count). The molecule has 6 nitrogen and oxygen atoms in total. The summed E-state index contributed by atoms with van der Waals surface area (Å²) in [5.74, 6) is 0.969. The first kappa shape index (κ1) is 13.5. The summed E-state index contributed by atoms with van der Waals surface area (Å²) in [7, 11) is 1.53. The molecule has 114 valence electrons. The van der Waals surface area contributed by atoms with Gasteiger partial charge in [-0.05, 0) is 24.3 Å². The lowest BCUT2D eigenvalue weighted by molar-refractivity contribution is 0.419. The second-order valence-electron chi connectivity index (χ2n) is 5.11. The Hall–Kier alpha value is -3.15. The quantitative estimate of drug-likeness (QED) is 0.582. The molecule has 0 bridgehead atoms. The SMILES string of the molecule is COc1cccc2ncn(Cc3nc4ccccc4o3)c(=O)c12. The number of nitrogens with zero attached hydrogens (tertiary/aromatic N) is 3. The predicted molar refractivity (Wildman–Crippen MR) is 85.7 cm³/mol. The van der Waals surface area contributed by atoms with Crippen LogP contribution in [-0.4, -0.2) is 21.6 Å². The van der Waals surface area contributed by atoms with Crippen molar-refractivity contribution in [1.29, 1.82) is 0 Å². The lowest BCUT2D eigenvalue weighted by atomic mass is 10.2. The van der Waals surface area contributed by atoms with Crippen LogP contribution in [0.5, 0.6) is 5.75 Å². The van der Waals surface area contributed by atoms with Crippen molar-refractivity contribution in [3.8, 4) is 5.75 Å². The van der Waals surface area contributed by atoms with E-state index in [2.05, 4.69) is 9.97 Å². The highest BCUT2D eigenvalue weighted by atomic mass is 16.5. The molecule has 0 atom stereocenters. The van der Waals surface area contributed by atoms with Gasteiger partial charge in [-0.2, -0.15) is 0 Å². The van der Waals surface area contributed by atoms with Crippen LogP contribution in [0.15, 0.2) is 58.0 Å². The number of benzene rings is 2. The van der Waals surface area contributed by atoms with Gasteiger partial charge >= 0.3 is 0 Å². The maximum Gasteiger partial charge on any atom is 0.265 e. The highest BCUT2D eigenvalue weighted by Gasteiger charge is 2.12. The molecule has 0 N–H and O–H groups in total. The van der Waals surface area contributed by atoms with Crippen LogP contribution in [0.1, 0.15) is 5.89 Å². The molecule has 0 aliphatic carbocycles. The minimum absolute atomic E-state index is 0.185. The van der Waals surface area contributed by atoms with Gasteiger partial charge in [-0.15, -0.1) is 0 Å². The van der Waals surface area contributed by atoms with Crippen molar-refractivity contribution in [2.75, 3.05) is 7.11 Å². The molecule has 0 aliphatic rings. The molecule has 2 heterocycles. The minimum atomic E-state index is -0.185. The van der Waals surface area contributed by atoms with E-state index in [1.165, 1.54) is 18.0 Å². The van der Waals surface area contributed by atoms with Crippen LogP contribution in [0.3, 0.4) is 0 Å². The molecular weight excluding hydrogens is 294 g/mol. The van der Waals surface area contributed by atoms with Crippen molar-refractivity contribution in [3.63, 3.8) is 0 Å². The first-order valence-corrected chi connectivity index (χ1v) is 7.13. The smallest absolute Gasteiger partial charge is 0.265 e. The summed E-state index contributed by atoms with van der Waals surface area (Å²) in [5, 5.41) is 0.452. The average molecular weight is 307 g/mol. The van der Waals surface area contributed by atoms with Crippen molar-refractivity contribution in [1.82, 2.24) is 14.5 Å². The number of ether oxygens (including phenoxy) is 1. The lowest BCUT2D eigenvalue weighted by Gasteiger charge is -2.07. The summed E-state index contributed by atoms with van der Waals surface area (Å²) in [6.45, 7) is 0.217. The van der Waals surface area contributed by atoms with Crippen LogP contribution in [0.25, 0.3) is 22.0 Å². The van der Waals surface area contributed by atoms with Crippen LogP contribution in [-0.2, 0) is 6.54 Å². The van der Waals surface area contributed by atoms with Crippen molar-refractivity contribution < 1.29 is 9.15 Å². The largest absolute Gasteiger partial charge is 0.496 e. The molecule has 4 aromatic rings. The van der Waals surface area contributed by atoms with Crippen LogP contribution in [0, 0.1) is 0 Å². The first-order chi connectivity index (χ1) is 11.3. The lowest BCUT2D eigenvalue weighted by Crippen LogP contribution is -2.21. The van der Waals surface area contributed by atoms with E-state index in [9.17, 15) is 4.79 Å². The van der Waals surface area contributed by atoms with Crippen molar-refractivity contribution in [3.05, 3.63) is 65.0 Å². The monoisotopic (exact) mass is 307 g/mol. The molecule has 23 heavy (non-hydrogen) atoms. The molecule has 0 aliphatic heterocycles. The fourth-order valence-corrected chi connectivity index (χ4v) is 2.59. The van der Waals surface area contributed by atoms with Crippen LogP contribution >= 0.6 is 0 Å². The van der Waals surface area contributed by atoms with E-state index in [0.29, 0.717) is 28.1 Å². The minimum Gasteiger partial charge on any atom is -0.496 e. The van der Waals surface area contributed by atoms with E-state index in [4.69, 9.17) is 9.15 Å². The van der Waals surface area contributed by atoms with E-state index in [0.717, 1.165) is 5.52 Å². The Labute approximate surface area is 131 Å². The third-order valence-corrected chi connectivity index (χ3v) is 3.68. The molecule has 0 unspecified atom stereocenters. The van der Waals surface area contributed by atoms with Crippen molar-refractivity contribution >= 4 is 22.0 Å². The van der Waals surface area contributed by atoms with E-state index < -0.39 is 0 Å². The van der Waals surface area contributed by atoms with Gasteiger partial charge < -0.3 is 9.15 Å². The van der Waals surface area contributed by atoms with Gasteiger partial charge in [0.15, 0.2) is 5.58 Å². The number of methoxy groups -OCH3 is 1. The number of aromatic nitrogens is 3. The number of fused-ring (bicyclic) bond motifs is 2. The summed E-state index contributed by atoms with van der Waals surface area (Å²) < 4.78 is 12.4. The third-order valence-electron chi connectivity index (χ3n) is 3.68. The zero-order chi connectivity index (χ0) is 15.8. The molecule has 2 aromatic carbocycles. The summed E-state index contributed by atoms with van der Waals surface area (Å²) >= 11 is 0. The summed E-state index contributed by atoms with van der Waals surface area (Å²) in [6.07, 6.45) is 1.50. The summed E-state index contributed by atoms with van der Waals surface area (Å²) in [5.41, 5.74) is 1.88. The van der Waals surface area contributed by atoms with Gasteiger partial charge in [0, 0.05) is 0 Å². The summed E-state index contributed by atoms with van der Waals surface area (Å²) in [6, 6.07) is 12.8. The maximum absolute atomic E-state index is 12.7. The van der Waals surface area contributed by atoms with Crippen molar-refractivity contribution in [2.45, 2.75) is 6.54 Å². The van der Waals surface area contributed by atoms with Gasteiger partial charge in [0.1, 0.15) is 23.2 Å². The fourth-order valence-electron chi connectivity index (χ4n) is 2.59. The molecule has 2 aromatic heterocycles. The number of hydrogen-bond donors (Lipinski definition) is 0. The van der Waals surface area contributed by atoms with E-state index in [1.54, 1.807) is 18.2 Å². The molecule has 0 fully saturated rings. The zero-order valence-corrected chi connectivity index (χ0v) is 12.4. The molecule has 0 saturated carbocycles. The Morgan fingerprint density at radius 1 is 1.13 bits per heavy atom. The summed E-state index contributed by atoms with van der Waals surface area (Å²) in [4.78, 5) is 21.4. The van der Waals surface area contributed by atoms with Gasteiger partial charge in [-0.25, -0.2) is 9.97 Å². The molecule has 0 saturated heterocycles. The topological polar surface area (TPSA) is 70.2 Å². The van der Waals surface area contributed by atoms with Gasteiger partial charge in [0.25, 0.3) is 5.56 Å². The molecule has 0 radical (unpaired) electrons. The Morgan fingerprint density at radius 2 is 1.96 bits per heavy atom. The number of rotatable bonds is 3. The standard InChI is InChI=1S/C17H13N3O3/c1-22-14-8-4-6-12-16(14)17(21)20(10-18-12)9-15-19-11-5-2-3-7-13(11)23-15/h2-8,10H,9H2,1H3. The van der Waals surface area contributed by atoms with Crippen LogP contribution < -0.4 is 10.3 Å². The molecule has 6 heteroatoms. The Bertz CT molecular complexity index is 1030. The van der Waals surface area contributed by atoms with Gasteiger partial charge in [-0.3, -0.25) is 9.36 Å². The number of oxazole rings is 1. The second-order valence-corrected chi connectivity index (χ2v) is 5.11. The molecule has 0 amide bonds. The zero-order valence-electron chi connectivity index (χ0n) is 12.4. The van der Waals surface area contributed by atoms with Gasteiger partial charge in [0.05, 0.1) is 19.0 Å². The highest BCUT2D eigenvalue weighted by molar-refractivity contribution is 5.84. The Morgan fingerprint density at radius 3 is 2.78 bits per heavy atom. The maximum atomic E-state index is 12.7. The molecule has 0 spiro atoms. The van der Waals surface area contributed by atoms with Crippen LogP contribution in [0.4, 0.5) is 0 Å². The van der Waals surface area contributed by atoms with E-state index in [-0.39, 0.29) is 12.1 Å². The van der Waals surface area contributed by atoms with Crippen LogP contribution in [0.2, 0.25) is 0 Å². The number of para-hydroxylation sites is 2. The van der Waals surface area contributed by atoms with Crippen molar-refractivity contribution in [2.24, 2.45) is 0 Å². The van der Waals surface area contributed by atoms with Gasteiger partial charge in [0.2, 0.25) is 5.89 Å². The van der Waals surface area contributed by atoms with E-state index >= 15 is 0 Å². The third kappa shape index (κ3) is 2.24. The Kier molecular flexibility index (Phi) is 3.08. The highest BCUT2D eigenvalue weighted by Crippen LogP contribution is 2.20. The van der Waals surface area contributed by atoms with Gasteiger partial charge in [-0.1, -0.05) is 18.2 Å². The number of hydrogen-bond acceptors (Lipinski definition) is 5. The normalized spacial score (nSPS) is 11.2. The fraction of sp³-hybridized carbons (Fsp3) is 0.118. The molecular formula is C17H13N3O3. The average Bonchev–Trinajstić information content (AvgIpc) is 2.99. The van der Waals surface area contributed by atoms with E-state index in [1.807, 2.05) is 24.3 Å². The first-order valence-electron chi connectivity index (χ1n) is 7.13.